The molecule has 1 atom stereocenters. The molecule has 0 aromatic heterocycles. The van der Waals surface area contributed by atoms with Crippen LogP contribution in [0.4, 0.5) is 0 Å². The molecule has 0 saturated carbocycles. The Hall–Kier alpha value is -1.31. The van der Waals surface area contributed by atoms with Crippen LogP contribution in [0.15, 0.2) is 30.3 Å². The number of aryl methyl sites for hydroxylation is 4. The molecule has 0 heterocycles. The molecule has 0 saturated heterocycles. The van der Waals surface area contributed by atoms with E-state index < -0.39 is 0 Å². The minimum Gasteiger partial charge on any atom is -0.313 e. The molecular formula is C19H24ClN. The van der Waals surface area contributed by atoms with Gasteiger partial charge in [-0.15, -0.1) is 0 Å². The number of halogens is 1. The third-order valence-electron chi connectivity index (χ3n) is 4.27. The summed E-state index contributed by atoms with van der Waals surface area (Å²) in [5.74, 6) is 0. The second-order valence-corrected chi connectivity index (χ2v) is 6.34. The molecule has 0 aliphatic heterocycles. The van der Waals surface area contributed by atoms with Crippen LogP contribution in [0.1, 0.15) is 39.4 Å². The van der Waals surface area contributed by atoms with Gasteiger partial charge >= 0.3 is 0 Å². The fourth-order valence-electron chi connectivity index (χ4n) is 2.68. The van der Waals surface area contributed by atoms with Gasteiger partial charge in [-0.3, -0.25) is 0 Å². The normalized spacial score (nSPS) is 12.5. The third kappa shape index (κ3) is 3.66. The van der Waals surface area contributed by atoms with Crippen LogP contribution in [0.2, 0.25) is 5.02 Å². The van der Waals surface area contributed by atoms with E-state index in [1.54, 1.807) is 0 Å². The fourth-order valence-corrected chi connectivity index (χ4v) is 3.03. The first kappa shape index (κ1) is 16.1. The SMILES string of the molecule is CNC(Cc1cc(C)ccc1C)c1cc(C)c(C)cc1Cl. The van der Waals surface area contributed by atoms with E-state index in [0.29, 0.717) is 0 Å². The summed E-state index contributed by atoms with van der Waals surface area (Å²) in [5, 5.41) is 4.27. The number of nitrogens with one attached hydrogen (secondary N) is 1. The van der Waals surface area contributed by atoms with Gasteiger partial charge in [0, 0.05) is 11.1 Å². The lowest BCUT2D eigenvalue weighted by Crippen LogP contribution is -2.20. The minimum atomic E-state index is 0.234. The van der Waals surface area contributed by atoms with Crippen LogP contribution in [0.5, 0.6) is 0 Å². The van der Waals surface area contributed by atoms with Gasteiger partial charge in [-0.1, -0.05) is 41.4 Å². The van der Waals surface area contributed by atoms with Crippen LogP contribution >= 0.6 is 11.6 Å². The lowest BCUT2D eigenvalue weighted by molar-refractivity contribution is 0.590. The van der Waals surface area contributed by atoms with Crippen molar-refractivity contribution in [1.82, 2.24) is 5.32 Å². The summed E-state index contributed by atoms with van der Waals surface area (Å²) in [7, 11) is 2.00. The summed E-state index contributed by atoms with van der Waals surface area (Å²) < 4.78 is 0. The molecule has 2 rings (SSSR count). The lowest BCUT2D eigenvalue weighted by Gasteiger charge is -2.21. The second-order valence-electron chi connectivity index (χ2n) is 5.93. The summed E-state index contributed by atoms with van der Waals surface area (Å²) in [4.78, 5) is 0. The zero-order valence-corrected chi connectivity index (χ0v) is 14.3. The molecule has 0 fully saturated rings. The number of rotatable bonds is 4. The molecule has 2 aromatic carbocycles. The molecule has 1 unspecified atom stereocenters. The van der Waals surface area contributed by atoms with Gasteiger partial charge in [0.15, 0.2) is 0 Å². The molecule has 112 valence electrons. The van der Waals surface area contributed by atoms with Crippen LogP contribution in [0.25, 0.3) is 0 Å². The van der Waals surface area contributed by atoms with Crippen LogP contribution in [0, 0.1) is 27.7 Å². The Morgan fingerprint density at radius 2 is 1.62 bits per heavy atom. The van der Waals surface area contributed by atoms with Crippen LogP contribution in [0.3, 0.4) is 0 Å². The average Bonchev–Trinajstić information content (AvgIpc) is 2.44. The van der Waals surface area contributed by atoms with Gasteiger partial charge in [-0.2, -0.15) is 0 Å². The highest BCUT2D eigenvalue weighted by molar-refractivity contribution is 6.31. The van der Waals surface area contributed by atoms with Crippen molar-refractivity contribution in [2.75, 3.05) is 7.05 Å². The second kappa shape index (κ2) is 6.64. The van der Waals surface area contributed by atoms with E-state index in [1.165, 1.54) is 33.4 Å². The Labute approximate surface area is 133 Å². The van der Waals surface area contributed by atoms with Crippen LogP contribution in [-0.2, 0) is 6.42 Å². The molecular weight excluding hydrogens is 278 g/mol. The van der Waals surface area contributed by atoms with E-state index >= 15 is 0 Å². The first-order valence-corrected chi connectivity index (χ1v) is 7.80. The maximum Gasteiger partial charge on any atom is 0.0456 e. The first-order chi connectivity index (χ1) is 9.92. The van der Waals surface area contributed by atoms with Gasteiger partial charge < -0.3 is 5.32 Å². The lowest BCUT2D eigenvalue weighted by atomic mass is 9.93. The monoisotopic (exact) mass is 301 g/mol. The highest BCUT2D eigenvalue weighted by atomic mass is 35.5. The maximum absolute atomic E-state index is 6.47. The molecule has 1 N–H and O–H groups in total. The largest absolute Gasteiger partial charge is 0.313 e. The van der Waals surface area contributed by atoms with Crippen molar-refractivity contribution in [3.05, 3.63) is 68.7 Å². The Morgan fingerprint density at radius 3 is 2.29 bits per heavy atom. The summed E-state index contributed by atoms with van der Waals surface area (Å²) in [6.07, 6.45) is 0.951. The van der Waals surface area contributed by atoms with Crippen molar-refractivity contribution in [1.29, 1.82) is 0 Å². The number of hydrogen-bond donors (Lipinski definition) is 1. The predicted octanol–water partition coefficient (Wildman–Crippen LogP) is 5.08. The van der Waals surface area contributed by atoms with Gasteiger partial charge in [0.25, 0.3) is 0 Å². The zero-order chi connectivity index (χ0) is 15.6. The molecule has 0 radical (unpaired) electrons. The van der Waals surface area contributed by atoms with Gasteiger partial charge in [-0.05, 0) is 75.0 Å². The van der Waals surface area contributed by atoms with Crippen molar-refractivity contribution in [2.45, 2.75) is 40.2 Å². The molecule has 2 heteroatoms. The summed E-state index contributed by atoms with van der Waals surface area (Å²) in [6.45, 7) is 8.55. The highest BCUT2D eigenvalue weighted by Gasteiger charge is 2.16. The van der Waals surface area contributed by atoms with Gasteiger partial charge in [0.05, 0.1) is 0 Å². The molecule has 21 heavy (non-hydrogen) atoms. The molecule has 2 aromatic rings. The van der Waals surface area contributed by atoms with E-state index in [9.17, 15) is 0 Å². The number of likely N-dealkylation sites (N-methyl/N-ethyl adjacent to an activating group) is 1. The molecule has 1 nitrogen and oxygen atoms in total. The zero-order valence-electron chi connectivity index (χ0n) is 13.5. The molecule has 0 spiro atoms. The predicted molar refractivity (Wildman–Crippen MR) is 92.3 cm³/mol. The number of benzene rings is 2. The minimum absolute atomic E-state index is 0.234. The number of hydrogen-bond acceptors (Lipinski definition) is 1. The Balaban J connectivity index is 2.36. The van der Waals surface area contributed by atoms with E-state index in [1.807, 2.05) is 7.05 Å². The van der Waals surface area contributed by atoms with Gasteiger partial charge in [-0.25, -0.2) is 0 Å². The smallest absolute Gasteiger partial charge is 0.0456 e. The van der Waals surface area contributed by atoms with Gasteiger partial charge in [0.1, 0.15) is 0 Å². The van der Waals surface area contributed by atoms with Crippen molar-refractivity contribution in [2.24, 2.45) is 0 Å². The van der Waals surface area contributed by atoms with Crippen molar-refractivity contribution in [3.63, 3.8) is 0 Å². The van der Waals surface area contributed by atoms with Crippen molar-refractivity contribution in [3.8, 4) is 0 Å². The van der Waals surface area contributed by atoms with E-state index in [-0.39, 0.29) is 6.04 Å². The maximum atomic E-state index is 6.47. The van der Waals surface area contributed by atoms with Crippen LogP contribution < -0.4 is 5.32 Å². The highest BCUT2D eigenvalue weighted by Crippen LogP contribution is 2.29. The van der Waals surface area contributed by atoms with E-state index in [4.69, 9.17) is 11.6 Å². The summed E-state index contributed by atoms with van der Waals surface area (Å²) in [6, 6.07) is 11.1. The summed E-state index contributed by atoms with van der Waals surface area (Å²) in [5.41, 5.74) is 7.73. The van der Waals surface area contributed by atoms with E-state index in [2.05, 4.69) is 63.3 Å². The molecule has 0 amide bonds. The Morgan fingerprint density at radius 1 is 0.952 bits per heavy atom. The quantitative estimate of drug-likeness (QED) is 0.830. The molecule has 0 aliphatic carbocycles. The first-order valence-electron chi connectivity index (χ1n) is 7.42. The molecule has 0 aliphatic rings. The van der Waals surface area contributed by atoms with Gasteiger partial charge in [0.2, 0.25) is 0 Å². The van der Waals surface area contributed by atoms with Crippen molar-refractivity contribution < 1.29 is 0 Å². The Kier molecular flexibility index (Phi) is 5.08. The van der Waals surface area contributed by atoms with E-state index in [0.717, 1.165) is 11.4 Å². The Bertz CT molecular complexity index is 646. The third-order valence-corrected chi connectivity index (χ3v) is 4.59. The average molecular weight is 302 g/mol. The fraction of sp³-hybridized carbons (Fsp3) is 0.368. The van der Waals surface area contributed by atoms with Crippen molar-refractivity contribution >= 4 is 11.6 Å². The van der Waals surface area contributed by atoms with Crippen LogP contribution in [-0.4, -0.2) is 7.05 Å². The summed E-state index contributed by atoms with van der Waals surface area (Å²) >= 11 is 6.47. The standard InChI is InChI=1S/C19H24ClN/c1-12-6-7-13(2)16(8-12)11-19(21-5)17-9-14(3)15(4)10-18(17)20/h6-10,19,21H,11H2,1-5H3. The molecule has 0 bridgehead atoms. The topological polar surface area (TPSA) is 12.0 Å².